The van der Waals surface area contributed by atoms with Crippen LogP contribution in [-0.4, -0.2) is 23.7 Å². The molecule has 1 aromatic rings. The Morgan fingerprint density at radius 3 is 2.67 bits per heavy atom. The van der Waals surface area contributed by atoms with Gasteiger partial charge in [0.2, 0.25) is 0 Å². The van der Waals surface area contributed by atoms with Crippen molar-refractivity contribution in [2.75, 3.05) is 12.3 Å². The Labute approximate surface area is 86.5 Å². The molecule has 1 rings (SSSR count). The fraction of sp³-hybridized carbons (Fsp3) is 0.200. The number of esters is 1. The first-order valence-electron chi connectivity index (χ1n) is 4.26. The van der Waals surface area contributed by atoms with Crippen LogP contribution in [0.5, 0.6) is 0 Å². The number of rotatable bonds is 3. The van der Waals surface area contributed by atoms with Gasteiger partial charge in [-0.2, -0.15) is 0 Å². The molecule has 0 saturated heterocycles. The average Bonchev–Trinajstić information content (AvgIpc) is 2.14. The lowest BCUT2D eigenvalue weighted by atomic mass is 10.1. The summed E-state index contributed by atoms with van der Waals surface area (Å²) >= 11 is 0. The van der Waals surface area contributed by atoms with Gasteiger partial charge < -0.3 is 15.6 Å². The molecule has 0 radical (unpaired) electrons. The van der Waals surface area contributed by atoms with Crippen molar-refractivity contribution in [3.05, 3.63) is 29.3 Å². The van der Waals surface area contributed by atoms with E-state index in [0.717, 1.165) is 0 Å². The van der Waals surface area contributed by atoms with Crippen LogP contribution in [0.25, 0.3) is 0 Å². The lowest BCUT2D eigenvalue weighted by Gasteiger charge is -2.07. The molecule has 0 aliphatic heterocycles. The van der Waals surface area contributed by atoms with E-state index in [4.69, 9.17) is 10.8 Å². The molecular weight excluding hydrogens is 198 g/mol. The molecule has 0 heterocycles. The van der Waals surface area contributed by atoms with E-state index < -0.39 is 18.5 Å². The van der Waals surface area contributed by atoms with E-state index in [-0.39, 0.29) is 11.3 Å². The summed E-state index contributed by atoms with van der Waals surface area (Å²) in [5.41, 5.74) is 6.74. The summed E-state index contributed by atoms with van der Waals surface area (Å²) in [7, 11) is 0. The molecule has 0 aliphatic rings. The molecule has 80 valence electrons. The highest BCUT2D eigenvalue weighted by Crippen LogP contribution is 2.17. The highest BCUT2D eigenvalue weighted by molar-refractivity contribution is 5.97. The van der Waals surface area contributed by atoms with Gasteiger partial charge in [-0.05, 0) is 18.6 Å². The maximum absolute atomic E-state index is 11.4. The number of carbonyl (C=O) groups is 2. The molecule has 0 atom stereocenters. The molecule has 0 amide bonds. The molecular formula is C10H11NO4. The fourth-order valence-corrected chi connectivity index (χ4v) is 1.17. The number of hydrogen-bond acceptors (Lipinski definition) is 4. The van der Waals surface area contributed by atoms with Gasteiger partial charge >= 0.3 is 11.9 Å². The Morgan fingerprint density at radius 2 is 2.13 bits per heavy atom. The van der Waals surface area contributed by atoms with Crippen molar-refractivity contribution >= 4 is 17.6 Å². The van der Waals surface area contributed by atoms with Crippen LogP contribution >= 0.6 is 0 Å². The summed E-state index contributed by atoms with van der Waals surface area (Å²) in [6, 6.07) is 4.97. The minimum atomic E-state index is -1.20. The molecule has 0 aliphatic carbocycles. The number of ether oxygens (including phenoxy) is 1. The summed E-state index contributed by atoms with van der Waals surface area (Å²) in [6.45, 7) is 1.04. The second-order valence-electron chi connectivity index (χ2n) is 3.01. The zero-order chi connectivity index (χ0) is 11.4. The van der Waals surface area contributed by atoms with E-state index in [9.17, 15) is 9.59 Å². The van der Waals surface area contributed by atoms with Crippen LogP contribution in [0.3, 0.4) is 0 Å². The second-order valence-corrected chi connectivity index (χ2v) is 3.01. The van der Waals surface area contributed by atoms with Crippen LogP contribution in [0, 0.1) is 6.92 Å². The number of nitrogens with two attached hydrogens (primary N) is 1. The molecule has 0 unspecified atom stereocenters. The Morgan fingerprint density at radius 1 is 1.47 bits per heavy atom. The van der Waals surface area contributed by atoms with Crippen LogP contribution < -0.4 is 5.73 Å². The maximum atomic E-state index is 11.4. The largest absolute Gasteiger partial charge is 0.479 e. The van der Waals surface area contributed by atoms with Crippen LogP contribution in [0.1, 0.15) is 15.9 Å². The number of anilines is 1. The number of benzene rings is 1. The minimum absolute atomic E-state index is 0.221. The summed E-state index contributed by atoms with van der Waals surface area (Å²) < 4.78 is 4.53. The third-order valence-corrected chi connectivity index (χ3v) is 1.84. The molecule has 15 heavy (non-hydrogen) atoms. The molecule has 0 saturated carbocycles. The third kappa shape index (κ3) is 2.70. The highest BCUT2D eigenvalue weighted by Gasteiger charge is 2.14. The molecule has 0 aromatic heterocycles. The molecule has 1 aromatic carbocycles. The van der Waals surface area contributed by atoms with Crippen molar-refractivity contribution in [1.29, 1.82) is 0 Å². The van der Waals surface area contributed by atoms with E-state index in [2.05, 4.69) is 4.74 Å². The van der Waals surface area contributed by atoms with E-state index in [1.807, 2.05) is 0 Å². The normalized spacial score (nSPS) is 9.67. The second kappa shape index (κ2) is 4.45. The Bertz CT molecular complexity index is 380. The number of aliphatic carboxylic acids is 1. The average molecular weight is 209 g/mol. The van der Waals surface area contributed by atoms with Gasteiger partial charge in [-0.1, -0.05) is 12.1 Å². The van der Waals surface area contributed by atoms with E-state index in [1.54, 1.807) is 25.1 Å². The summed E-state index contributed by atoms with van der Waals surface area (Å²) in [4.78, 5) is 21.6. The molecule has 0 spiro atoms. The van der Waals surface area contributed by atoms with Crippen LogP contribution in [0.2, 0.25) is 0 Å². The first-order chi connectivity index (χ1) is 7.02. The van der Waals surface area contributed by atoms with Gasteiger partial charge in [0.1, 0.15) is 0 Å². The van der Waals surface area contributed by atoms with Gasteiger partial charge in [0, 0.05) is 5.69 Å². The Balaban J connectivity index is 2.86. The monoisotopic (exact) mass is 209 g/mol. The fourth-order valence-electron chi connectivity index (χ4n) is 1.17. The summed E-state index contributed by atoms with van der Waals surface area (Å²) in [5.74, 6) is -1.91. The molecule has 3 N–H and O–H groups in total. The lowest BCUT2D eigenvalue weighted by Crippen LogP contribution is -2.15. The number of carbonyl (C=O) groups excluding carboxylic acids is 1. The van der Waals surface area contributed by atoms with Gasteiger partial charge in [0.05, 0.1) is 5.56 Å². The SMILES string of the molecule is Cc1cccc(N)c1C(=O)OCC(=O)O. The lowest BCUT2D eigenvalue weighted by molar-refractivity contribution is -0.140. The number of carboxylic acids is 1. The van der Waals surface area contributed by atoms with E-state index in [0.29, 0.717) is 5.56 Å². The summed E-state index contributed by atoms with van der Waals surface area (Å²) in [6.07, 6.45) is 0. The van der Waals surface area contributed by atoms with Gasteiger partial charge in [-0.25, -0.2) is 9.59 Å². The van der Waals surface area contributed by atoms with Gasteiger partial charge in [-0.15, -0.1) is 0 Å². The first-order valence-corrected chi connectivity index (χ1v) is 4.26. The standard InChI is InChI=1S/C10H11NO4/c1-6-3-2-4-7(11)9(6)10(14)15-5-8(12)13/h2-4H,5,11H2,1H3,(H,12,13). The number of nitrogen functional groups attached to an aromatic ring is 1. The van der Waals surface area contributed by atoms with Crippen LogP contribution in [0.15, 0.2) is 18.2 Å². The van der Waals surface area contributed by atoms with Crippen molar-refractivity contribution in [2.24, 2.45) is 0 Å². The van der Waals surface area contributed by atoms with Crippen molar-refractivity contribution < 1.29 is 19.4 Å². The Kier molecular flexibility index (Phi) is 3.28. The summed E-state index contributed by atoms with van der Waals surface area (Å²) in [5, 5.41) is 8.34. The number of carboxylic acid groups (broad SMARTS) is 1. The van der Waals surface area contributed by atoms with Crippen molar-refractivity contribution in [2.45, 2.75) is 6.92 Å². The molecule has 5 nitrogen and oxygen atoms in total. The Hall–Kier alpha value is -2.04. The van der Waals surface area contributed by atoms with Crippen molar-refractivity contribution in [3.8, 4) is 0 Å². The maximum Gasteiger partial charge on any atom is 0.341 e. The number of hydrogen-bond donors (Lipinski definition) is 2. The van der Waals surface area contributed by atoms with E-state index in [1.165, 1.54) is 0 Å². The van der Waals surface area contributed by atoms with Crippen molar-refractivity contribution in [3.63, 3.8) is 0 Å². The molecule has 0 fully saturated rings. The number of aryl methyl sites for hydroxylation is 1. The zero-order valence-corrected chi connectivity index (χ0v) is 8.19. The third-order valence-electron chi connectivity index (χ3n) is 1.84. The van der Waals surface area contributed by atoms with Crippen LogP contribution in [0.4, 0.5) is 5.69 Å². The van der Waals surface area contributed by atoms with Gasteiger partial charge in [0.25, 0.3) is 0 Å². The highest BCUT2D eigenvalue weighted by atomic mass is 16.5. The topological polar surface area (TPSA) is 89.6 Å². The molecule has 5 heteroatoms. The molecule has 0 bridgehead atoms. The first kappa shape index (κ1) is 11.0. The predicted octanol–water partition coefficient (Wildman–Crippen LogP) is 0.819. The van der Waals surface area contributed by atoms with E-state index >= 15 is 0 Å². The minimum Gasteiger partial charge on any atom is -0.479 e. The predicted molar refractivity (Wildman–Crippen MR) is 53.5 cm³/mol. The smallest absolute Gasteiger partial charge is 0.341 e. The van der Waals surface area contributed by atoms with Crippen LogP contribution in [-0.2, 0) is 9.53 Å². The quantitative estimate of drug-likeness (QED) is 0.568. The van der Waals surface area contributed by atoms with Gasteiger partial charge in [-0.3, -0.25) is 0 Å². The zero-order valence-electron chi connectivity index (χ0n) is 8.19. The van der Waals surface area contributed by atoms with Crippen molar-refractivity contribution in [1.82, 2.24) is 0 Å². The van der Waals surface area contributed by atoms with Gasteiger partial charge in [0.15, 0.2) is 6.61 Å².